The summed E-state index contributed by atoms with van der Waals surface area (Å²) in [5, 5.41) is 1.01. The molecule has 0 atom stereocenters. The van der Waals surface area contributed by atoms with Gasteiger partial charge in [-0.2, -0.15) is 0 Å². The molecular weight excluding hydrogens is 418 g/mol. The number of hydrogen-bond donors (Lipinski definition) is 1. The van der Waals surface area contributed by atoms with Gasteiger partial charge in [-0.25, -0.2) is 0 Å². The van der Waals surface area contributed by atoms with Gasteiger partial charge >= 0.3 is 0 Å². The predicted octanol–water partition coefficient (Wildman–Crippen LogP) is 4.87. The zero-order chi connectivity index (χ0) is 22.3. The maximum Gasteiger partial charge on any atom is 0.248 e. The minimum Gasteiger partial charge on any atom is -0.494 e. The van der Waals surface area contributed by atoms with Gasteiger partial charge in [-0.1, -0.05) is 18.7 Å². The van der Waals surface area contributed by atoms with E-state index in [1.807, 2.05) is 30.3 Å². The lowest BCUT2D eigenvalue weighted by molar-refractivity contribution is 0.238. The van der Waals surface area contributed by atoms with Crippen molar-refractivity contribution in [1.82, 2.24) is 9.88 Å². The molecule has 1 aliphatic heterocycles. The van der Waals surface area contributed by atoms with Crippen molar-refractivity contribution in [2.75, 3.05) is 50.5 Å². The van der Waals surface area contributed by atoms with Crippen LogP contribution >= 0.6 is 11.8 Å². The van der Waals surface area contributed by atoms with Gasteiger partial charge in [0.05, 0.1) is 12.1 Å². The van der Waals surface area contributed by atoms with Gasteiger partial charge in [0.2, 0.25) is 5.56 Å². The van der Waals surface area contributed by atoms with Crippen LogP contribution in [-0.4, -0.2) is 55.5 Å². The molecule has 0 bridgehead atoms. The van der Waals surface area contributed by atoms with Crippen LogP contribution in [0.1, 0.15) is 18.4 Å². The van der Waals surface area contributed by atoms with E-state index in [0.717, 1.165) is 62.2 Å². The number of aromatic amines is 1. The minimum absolute atomic E-state index is 0.0904. The van der Waals surface area contributed by atoms with Crippen molar-refractivity contribution < 1.29 is 4.74 Å². The number of nitrogens with zero attached hydrogens (tertiary/aromatic N) is 2. The molecule has 0 unspecified atom stereocenters. The first-order valence-corrected chi connectivity index (χ1v) is 12.4. The second-order valence-corrected chi connectivity index (χ2v) is 8.90. The molecule has 0 saturated carbocycles. The van der Waals surface area contributed by atoms with Crippen LogP contribution in [0.5, 0.6) is 5.75 Å². The fourth-order valence-electron chi connectivity index (χ4n) is 4.25. The molecule has 2 heterocycles. The third-order valence-corrected chi connectivity index (χ3v) is 6.81. The highest BCUT2D eigenvalue weighted by molar-refractivity contribution is 7.98. The zero-order valence-electron chi connectivity index (χ0n) is 18.7. The molecule has 1 aromatic heterocycles. The normalized spacial score (nSPS) is 14.6. The Balaban J connectivity index is 1.20. The number of aromatic nitrogens is 1. The molecule has 1 fully saturated rings. The smallest absolute Gasteiger partial charge is 0.248 e. The molecule has 1 saturated heterocycles. The van der Waals surface area contributed by atoms with E-state index < -0.39 is 0 Å². The number of thioether (sulfide) groups is 1. The summed E-state index contributed by atoms with van der Waals surface area (Å²) in [6.07, 6.45) is 6.24. The quantitative estimate of drug-likeness (QED) is 0.373. The van der Waals surface area contributed by atoms with E-state index in [9.17, 15) is 4.79 Å². The SMILES string of the molecule is C=Cc1c(SC)cccc1N1CCN(CCCCOc2ccc3ccc(=O)[nH]c3c2)CC1. The van der Waals surface area contributed by atoms with Crippen molar-refractivity contribution in [2.45, 2.75) is 17.7 Å². The number of fused-ring (bicyclic) bond motifs is 1. The average Bonchev–Trinajstić information content (AvgIpc) is 2.83. The summed E-state index contributed by atoms with van der Waals surface area (Å²) < 4.78 is 5.91. The summed E-state index contributed by atoms with van der Waals surface area (Å²) in [5.41, 5.74) is 3.28. The van der Waals surface area contributed by atoms with Gasteiger partial charge in [0, 0.05) is 54.5 Å². The molecule has 32 heavy (non-hydrogen) atoms. The number of rotatable bonds is 9. The van der Waals surface area contributed by atoms with Gasteiger partial charge in [0.15, 0.2) is 0 Å². The number of nitrogens with one attached hydrogen (secondary N) is 1. The number of benzene rings is 2. The lowest BCUT2D eigenvalue weighted by Crippen LogP contribution is -2.46. The Bertz CT molecular complexity index is 1120. The summed E-state index contributed by atoms with van der Waals surface area (Å²) in [5.74, 6) is 0.804. The van der Waals surface area contributed by atoms with Crippen molar-refractivity contribution >= 4 is 34.4 Å². The Morgan fingerprint density at radius 2 is 1.91 bits per heavy atom. The highest BCUT2D eigenvalue weighted by atomic mass is 32.2. The molecule has 0 radical (unpaired) electrons. The molecule has 0 aliphatic carbocycles. The Morgan fingerprint density at radius 3 is 2.69 bits per heavy atom. The summed E-state index contributed by atoms with van der Waals surface area (Å²) in [6.45, 7) is 10.1. The number of pyridine rings is 1. The summed E-state index contributed by atoms with van der Waals surface area (Å²) in [7, 11) is 0. The number of piperazine rings is 1. The highest BCUT2D eigenvalue weighted by Crippen LogP contribution is 2.31. The average molecular weight is 450 g/mol. The zero-order valence-corrected chi connectivity index (χ0v) is 19.5. The molecule has 0 amide bonds. The first-order chi connectivity index (χ1) is 15.7. The molecule has 1 aliphatic rings. The van der Waals surface area contributed by atoms with E-state index in [1.54, 1.807) is 17.8 Å². The van der Waals surface area contributed by atoms with E-state index in [1.165, 1.54) is 16.1 Å². The van der Waals surface area contributed by atoms with E-state index in [-0.39, 0.29) is 5.56 Å². The van der Waals surface area contributed by atoms with Crippen molar-refractivity contribution in [3.63, 3.8) is 0 Å². The van der Waals surface area contributed by atoms with Crippen LogP contribution in [0.4, 0.5) is 5.69 Å². The van der Waals surface area contributed by atoms with Gasteiger partial charge in [-0.3, -0.25) is 9.69 Å². The molecule has 2 aromatic carbocycles. The second-order valence-electron chi connectivity index (χ2n) is 8.05. The van der Waals surface area contributed by atoms with E-state index in [2.05, 4.69) is 45.8 Å². The molecule has 1 N–H and O–H groups in total. The summed E-state index contributed by atoms with van der Waals surface area (Å²) in [4.78, 5) is 20.7. The van der Waals surface area contributed by atoms with Gasteiger partial charge in [-0.15, -0.1) is 11.8 Å². The standard InChI is InChI=1S/C26H31N3O2S/c1-3-22-24(7-6-8-25(22)32-2)29-16-14-28(15-17-29)13-4-5-18-31-21-11-9-20-10-12-26(30)27-23(20)19-21/h3,6-12,19H,1,4-5,13-18H2,2H3,(H,27,30). The highest BCUT2D eigenvalue weighted by Gasteiger charge is 2.19. The lowest BCUT2D eigenvalue weighted by Gasteiger charge is -2.37. The van der Waals surface area contributed by atoms with E-state index in [0.29, 0.717) is 6.61 Å². The molecule has 3 aromatic rings. The summed E-state index contributed by atoms with van der Waals surface area (Å²) in [6, 6.07) is 15.7. The third kappa shape index (κ3) is 5.37. The van der Waals surface area contributed by atoms with Gasteiger partial charge < -0.3 is 14.6 Å². The van der Waals surface area contributed by atoms with E-state index >= 15 is 0 Å². The fraction of sp³-hybridized carbons (Fsp3) is 0.346. The molecule has 5 nitrogen and oxygen atoms in total. The Hall–Kier alpha value is -2.70. The van der Waals surface area contributed by atoms with Crippen LogP contribution < -0.4 is 15.2 Å². The van der Waals surface area contributed by atoms with Crippen LogP contribution in [-0.2, 0) is 0 Å². The minimum atomic E-state index is -0.0904. The largest absolute Gasteiger partial charge is 0.494 e. The number of unbranched alkanes of at least 4 members (excludes halogenated alkanes) is 1. The number of hydrogen-bond acceptors (Lipinski definition) is 5. The number of ether oxygens (including phenoxy) is 1. The predicted molar refractivity (Wildman–Crippen MR) is 136 cm³/mol. The van der Waals surface area contributed by atoms with E-state index in [4.69, 9.17) is 4.74 Å². The third-order valence-electron chi connectivity index (χ3n) is 6.01. The van der Waals surface area contributed by atoms with Crippen LogP contribution in [0.2, 0.25) is 0 Å². The second kappa shape index (κ2) is 10.7. The Kier molecular flexibility index (Phi) is 7.55. The monoisotopic (exact) mass is 449 g/mol. The topological polar surface area (TPSA) is 48.6 Å². The fourth-order valence-corrected chi connectivity index (χ4v) is 4.87. The van der Waals surface area contributed by atoms with Gasteiger partial charge in [-0.05, 0) is 61.4 Å². The molecule has 6 heteroatoms. The van der Waals surface area contributed by atoms with Crippen LogP contribution in [0.25, 0.3) is 17.0 Å². The first-order valence-electron chi connectivity index (χ1n) is 11.2. The molecule has 4 rings (SSSR count). The number of H-pyrrole nitrogens is 1. The van der Waals surface area contributed by atoms with Gasteiger partial charge in [0.1, 0.15) is 5.75 Å². The first kappa shape index (κ1) is 22.5. The lowest BCUT2D eigenvalue weighted by atomic mass is 10.1. The van der Waals surface area contributed by atoms with Crippen molar-refractivity contribution in [1.29, 1.82) is 0 Å². The van der Waals surface area contributed by atoms with Gasteiger partial charge in [0.25, 0.3) is 0 Å². The maximum atomic E-state index is 11.5. The Labute approximate surface area is 194 Å². The van der Waals surface area contributed by atoms with Crippen LogP contribution in [0.3, 0.4) is 0 Å². The van der Waals surface area contributed by atoms with Crippen molar-refractivity contribution in [2.24, 2.45) is 0 Å². The number of anilines is 1. The molecule has 168 valence electrons. The van der Waals surface area contributed by atoms with Crippen molar-refractivity contribution in [3.8, 4) is 5.75 Å². The van der Waals surface area contributed by atoms with Crippen LogP contribution in [0, 0.1) is 0 Å². The Morgan fingerprint density at radius 1 is 1.09 bits per heavy atom. The maximum absolute atomic E-state index is 11.5. The van der Waals surface area contributed by atoms with Crippen molar-refractivity contribution in [3.05, 3.63) is 71.0 Å². The summed E-state index contributed by atoms with van der Waals surface area (Å²) >= 11 is 1.78. The van der Waals surface area contributed by atoms with Crippen LogP contribution in [0.15, 0.2) is 64.8 Å². The molecule has 0 spiro atoms. The molecular formula is C26H31N3O2S.